The predicted molar refractivity (Wildman–Crippen MR) is 55.9 cm³/mol. The number of hydrogen-bond donors (Lipinski definition) is 0. The van der Waals surface area contributed by atoms with Crippen LogP contribution in [0.25, 0.3) is 11.4 Å². The standard InChI is InChI=1S/C8H6ClN5O2/c1-13-8(10-11-12-13)6-4-5(14(15)16)2-3-7(6)9/h2-4H,1H3. The highest BCUT2D eigenvalue weighted by molar-refractivity contribution is 6.33. The number of nitro benzene ring substituents is 1. The summed E-state index contributed by atoms with van der Waals surface area (Å²) in [5.74, 6) is 0.383. The lowest BCUT2D eigenvalue weighted by Gasteiger charge is -2.01. The Labute approximate surface area is 94.8 Å². The highest BCUT2D eigenvalue weighted by atomic mass is 35.5. The van der Waals surface area contributed by atoms with Crippen molar-refractivity contribution in [1.29, 1.82) is 0 Å². The molecule has 0 atom stereocenters. The van der Waals surface area contributed by atoms with Gasteiger partial charge in [0, 0.05) is 24.7 Å². The van der Waals surface area contributed by atoms with Gasteiger partial charge in [0.2, 0.25) is 0 Å². The van der Waals surface area contributed by atoms with Crippen molar-refractivity contribution in [3.05, 3.63) is 33.3 Å². The fraction of sp³-hybridized carbons (Fsp3) is 0.125. The van der Waals surface area contributed by atoms with Gasteiger partial charge in [-0.05, 0) is 16.5 Å². The molecule has 0 saturated heterocycles. The summed E-state index contributed by atoms with van der Waals surface area (Å²) in [5, 5.41) is 21.8. The number of nitrogens with zero attached hydrogens (tertiary/aromatic N) is 5. The second-order valence-electron chi connectivity index (χ2n) is 3.05. The Bertz CT molecular complexity index is 553. The molecule has 16 heavy (non-hydrogen) atoms. The minimum absolute atomic E-state index is 0.0533. The highest BCUT2D eigenvalue weighted by Gasteiger charge is 2.15. The molecule has 0 aliphatic heterocycles. The largest absolute Gasteiger partial charge is 0.270 e. The Kier molecular flexibility index (Phi) is 2.53. The van der Waals surface area contributed by atoms with Gasteiger partial charge in [-0.1, -0.05) is 11.6 Å². The van der Waals surface area contributed by atoms with Crippen LogP contribution in [-0.2, 0) is 7.05 Å². The molecule has 1 heterocycles. The maximum atomic E-state index is 10.6. The van der Waals surface area contributed by atoms with Gasteiger partial charge >= 0.3 is 0 Å². The van der Waals surface area contributed by atoms with Gasteiger partial charge < -0.3 is 0 Å². The van der Waals surface area contributed by atoms with Crippen LogP contribution < -0.4 is 0 Å². The molecule has 0 unspecified atom stereocenters. The maximum absolute atomic E-state index is 10.6. The average molecular weight is 240 g/mol. The van der Waals surface area contributed by atoms with Crippen LogP contribution in [0.3, 0.4) is 0 Å². The fourth-order valence-electron chi connectivity index (χ4n) is 1.26. The zero-order valence-electron chi connectivity index (χ0n) is 8.16. The van der Waals surface area contributed by atoms with E-state index in [9.17, 15) is 10.1 Å². The van der Waals surface area contributed by atoms with Crippen molar-refractivity contribution in [2.45, 2.75) is 0 Å². The number of benzene rings is 1. The molecule has 7 nitrogen and oxygen atoms in total. The van der Waals surface area contributed by atoms with Gasteiger partial charge in [-0.2, -0.15) is 0 Å². The third-order valence-corrected chi connectivity index (χ3v) is 2.35. The second kappa shape index (κ2) is 3.86. The first-order chi connectivity index (χ1) is 7.59. The molecule has 82 valence electrons. The first-order valence-electron chi connectivity index (χ1n) is 4.26. The zero-order chi connectivity index (χ0) is 11.7. The second-order valence-corrected chi connectivity index (χ2v) is 3.45. The van der Waals surface area contributed by atoms with E-state index < -0.39 is 4.92 Å². The smallest absolute Gasteiger partial charge is 0.258 e. The minimum Gasteiger partial charge on any atom is -0.258 e. The summed E-state index contributed by atoms with van der Waals surface area (Å²) >= 11 is 5.93. The number of non-ortho nitro benzene ring substituents is 1. The van der Waals surface area contributed by atoms with Gasteiger partial charge in [-0.3, -0.25) is 10.1 Å². The molecule has 8 heteroatoms. The van der Waals surface area contributed by atoms with Crippen molar-refractivity contribution in [2.75, 3.05) is 0 Å². The molecule has 1 aromatic heterocycles. The number of aryl methyl sites for hydroxylation is 1. The molecule has 0 N–H and O–H groups in total. The van der Waals surface area contributed by atoms with E-state index in [2.05, 4.69) is 15.5 Å². The van der Waals surface area contributed by atoms with Crippen molar-refractivity contribution in [2.24, 2.45) is 7.05 Å². The number of aromatic nitrogens is 4. The summed E-state index contributed by atoms with van der Waals surface area (Å²) < 4.78 is 1.39. The summed E-state index contributed by atoms with van der Waals surface area (Å²) in [6.07, 6.45) is 0. The van der Waals surface area contributed by atoms with Gasteiger partial charge in [-0.15, -0.1) is 5.10 Å². The lowest BCUT2D eigenvalue weighted by Crippen LogP contribution is -1.96. The molecule has 2 aromatic rings. The van der Waals surface area contributed by atoms with Gasteiger partial charge in [0.15, 0.2) is 5.82 Å². The van der Waals surface area contributed by atoms with Crippen LogP contribution in [0.1, 0.15) is 0 Å². The van der Waals surface area contributed by atoms with Crippen LogP contribution in [-0.4, -0.2) is 25.1 Å². The number of rotatable bonds is 2. The van der Waals surface area contributed by atoms with Crippen LogP contribution in [0.15, 0.2) is 18.2 Å². The third-order valence-electron chi connectivity index (χ3n) is 2.02. The molecule has 0 radical (unpaired) electrons. The van der Waals surface area contributed by atoms with E-state index in [0.717, 1.165) is 0 Å². The average Bonchev–Trinajstić information content (AvgIpc) is 2.65. The predicted octanol–water partition coefficient (Wildman–Crippen LogP) is 1.44. The Balaban J connectivity index is 2.60. The monoisotopic (exact) mass is 239 g/mol. The van der Waals surface area contributed by atoms with Crippen molar-refractivity contribution < 1.29 is 4.92 Å². The van der Waals surface area contributed by atoms with Crippen molar-refractivity contribution >= 4 is 17.3 Å². The molecule has 2 rings (SSSR count). The maximum Gasteiger partial charge on any atom is 0.270 e. The Morgan fingerprint density at radius 2 is 2.25 bits per heavy atom. The van der Waals surface area contributed by atoms with E-state index in [-0.39, 0.29) is 5.69 Å². The van der Waals surface area contributed by atoms with Gasteiger partial charge in [0.1, 0.15) is 0 Å². The van der Waals surface area contributed by atoms with Crippen molar-refractivity contribution in [3.8, 4) is 11.4 Å². The SMILES string of the molecule is Cn1nnnc1-c1cc([N+](=O)[O-])ccc1Cl. The third kappa shape index (κ3) is 1.72. The lowest BCUT2D eigenvalue weighted by atomic mass is 10.2. The van der Waals surface area contributed by atoms with E-state index in [1.165, 1.54) is 22.9 Å². The summed E-state index contributed by atoms with van der Waals surface area (Å²) in [7, 11) is 1.63. The summed E-state index contributed by atoms with van der Waals surface area (Å²) in [6.45, 7) is 0. The fourth-order valence-corrected chi connectivity index (χ4v) is 1.46. The topological polar surface area (TPSA) is 86.7 Å². The summed E-state index contributed by atoms with van der Waals surface area (Å²) in [5.41, 5.74) is 0.380. The summed E-state index contributed by atoms with van der Waals surface area (Å²) in [4.78, 5) is 10.1. The molecular weight excluding hydrogens is 234 g/mol. The van der Waals surface area contributed by atoms with Crippen LogP contribution >= 0.6 is 11.6 Å². The van der Waals surface area contributed by atoms with E-state index in [4.69, 9.17) is 11.6 Å². The van der Waals surface area contributed by atoms with Gasteiger partial charge in [0.25, 0.3) is 5.69 Å². The molecule has 0 amide bonds. The van der Waals surface area contributed by atoms with Gasteiger partial charge in [-0.25, -0.2) is 4.68 Å². The van der Waals surface area contributed by atoms with E-state index in [1.807, 2.05) is 0 Å². The molecule has 0 saturated carbocycles. The molecule has 1 aromatic carbocycles. The summed E-state index contributed by atoms with van der Waals surface area (Å²) in [6, 6.07) is 4.12. The first kappa shape index (κ1) is 10.5. The molecule has 0 aliphatic carbocycles. The highest BCUT2D eigenvalue weighted by Crippen LogP contribution is 2.29. The molecule has 0 bridgehead atoms. The normalized spacial score (nSPS) is 10.4. The Morgan fingerprint density at radius 1 is 1.50 bits per heavy atom. The van der Waals surface area contributed by atoms with Crippen LogP contribution in [0.5, 0.6) is 0 Å². The first-order valence-corrected chi connectivity index (χ1v) is 4.64. The quantitative estimate of drug-likeness (QED) is 0.585. The molecule has 0 spiro atoms. The zero-order valence-corrected chi connectivity index (χ0v) is 8.92. The van der Waals surface area contributed by atoms with Crippen molar-refractivity contribution in [3.63, 3.8) is 0 Å². The molecular formula is C8H6ClN5O2. The van der Waals surface area contributed by atoms with E-state index >= 15 is 0 Å². The molecule has 0 fully saturated rings. The van der Waals surface area contributed by atoms with Crippen LogP contribution in [0, 0.1) is 10.1 Å². The van der Waals surface area contributed by atoms with E-state index in [1.54, 1.807) is 7.05 Å². The van der Waals surface area contributed by atoms with Crippen LogP contribution in [0.2, 0.25) is 5.02 Å². The van der Waals surface area contributed by atoms with Crippen LogP contribution in [0.4, 0.5) is 5.69 Å². The Morgan fingerprint density at radius 3 is 2.81 bits per heavy atom. The van der Waals surface area contributed by atoms with E-state index in [0.29, 0.717) is 16.4 Å². The minimum atomic E-state index is -0.496. The van der Waals surface area contributed by atoms with Crippen molar-refractivity contribution in [1.82, 2.24) is 20.2 Å². The molecule has 0 aliphatic rings. The lowest BCUT2D eigenvalue weighted by molar-refractivity contribution is -0.384. The number of nitro groups is 1. The number of tetrazole rings is 1. The Hall–Kier alpha value is -2.02. The number of hydrogen-bond acceptors (Lipinski definition) is 5. The van der Waals surface area contributed by atoms with Gasteiger partial charge in [0.05, 0.1) is 9.95 Å². The number of halogens is 1.